The van der Waals surface area contributed by atoms with E-state index in [0.717, 1.165) is 17.0 Å². The summed E-state index contributed by atoms with van der Waals surface area (Å²) >= 11 is 6.22. The van der Waals surface area contributed by atoms with Crippen molar-refractivity contribution in [3.8, 4) is 22.7 Å². The molecule has 0 aliphatic heterocycles. The van der Waals surface area contributed by atoms with Crippen LogP contribution >= 0.6 is 11.6 Å². The summed E-state index contributed by atoms with van der Waals surface area (Å²) in [6.45, 7) is 0. The second-order valence-electron chi connectivity index (χ2n) is 4.53. The third-order valence-corrected chi connectivity index (χ3v) is 3.53. The van der Waals surface area contributed by atoms with Gasteiger partial charge in [0.05, 0.1) is 24.0 Å². The highest BCUT2D eigenvalue weighted by Gasteiger charge is 2.14. The van der Waals surface area contributed by atoms with Crippen molar-refractivity contribution in [1.82, 2.24) is 9.78 Å². The number of halogens is 1. The first-order valence-electron chi connectivity index (χ1n) is 6.44. The third kappa shape index (κ3) is 2.45. The zero-order valence-electron chi connectivity index (χ0n) is 11.5. The maximum Gasteiger partial charge on any atom is 0.144 e. The van der Waals surface area contributed by atoms with E-state index in [-0.39, 0.29) is 0 Å². The Balaban J connectivity index is 2.12. The van der Waals surface area contributed by atoms with Gasteiger partial charge in [-0.25, -0.2) is 4.68 Å². The Kier molecular flexibility index (Phi) is 3.54. The molecule has 0 atom stereocenters. The van der Waals surface area contributed by atoms with Gasteiger partial charge in [-0.3, -0.25) is 0 Å². The molecular formula is C16H14ClN3O. The fourth-order valence-corrected chi connectivity index (χ4v) is 2.42. The molecule has 0 aliphatic rings. The van der Waals surface area contributed by atoms with Gasteiger partial charge in [0.1, 0.15) is 17.1 Å². The number of nitrogens with two attached hydrogens (primary N) is 1. The van der Waals surface area contributed by atoms with Crippen LogP contribution in [0.4, 0.5) is 5.69 Å². The van der Waals surface area contributed by atoms with E-state index in [2.05, 4.69) is 5.10 Å². The van der Waals surface area contributed by atoms with Crippen molar-refractivity contribution in [3.63, 3.8) is 0 Å². The SMILES string of the molecule is COc1ccccc1-n1cc(N)c(-c2ccccc2Cl)n1. The number of ether oxygens (including phenoxy) is 1. The maximum absolute atomic E-state index is 6.22. The van der Waals surface area contributed by atoms with Gasteiger partial charge < -0.3 is 10.5 Å². The average Bonchev–Trinajstić information content (AvgIpc) is 2.89. The normalized spacial score (nSPS) is 10.6. The lowest BCUT2D eigenvalue weighted by molar-refractivity contribution is 0.412. The average molecular weight is 300 g/mol. The van der Waals surface area contributed by atoms with E-state index >= 15 is 0 Å². The van der Waals surface area contributed by atoms with E-state index < -0.39 is 0 Å². The second kappa shape index (κ2) is 5.50. The lowest BCUT2D eigenvalue weighted by atomic mass is 10.1. The van der Waals surface area contributed by atoms with Crippen LogP contribution in [0.5, 0.6) is 5.75 Å². The summed E-state index contributed by atoms with van der Waals surface area (Å²) in [5.74, 6) is 0.728. The molecule has 3 rings (SSSR count). The quantitative estimate of drug-likeness (QED) is 0.800. The van der Waals surface area contributed by atoms with Crippen LogP contribution in [0.15, 0.2) is 54.7 Å². The minimum atomic E-state index is 0.564. The van der Waals surface area contributed by atoms with Gasteiger partial charge in [0, 0.05) is 5.56 Å². The molecule has 0 radical (unpaired) electrons. The molecule has 0 bridgehead atoms. The zero-order chi connectivity index (χ0) is 14.8. The first kappa shape index (κ1) is 13.5. The Hall–Kier alpha value is -2.46. The molecule has 2 aromatic carbocycles. The first-order valence-corrected chi connectivity index (χ1v) is 6.82. The standard InChI is InChI=1S/C16H14ClN3O/c1-21-15-9-5-4-8-14(15)20-10-13(18)16(19-20)11-6-2-3-7-12(11)17/h2-10H,18H2,1H3. The highest BCUT2D eigenvalue weighted by Crippen LogP contribution is 2.32. The molecular weight excluding hydrogens is 286 g/mol. The van der Waals surface area contributed by atoms with Crippen LogP contribution in [0.3, 0.4) is 0 Å². The molecule has 0 aliphatic carbocycles. The minimum Gasteiger partial charge on any atom is -0.494 e. The molecule has 0 unspecified atom stereocenters. The number of rotatable bonds is 3. The van der Waals surface area contributed by atoms with Crippen molar-refractivity contribution in [1.29, 1.82) is 0 Å². The monoisotopic (exact) mass is 299 g/mol. The molecule has 2 N–H and O–H groups in total. The molecule has 0 fully saturated rings. The Labute approximate surface area is 127 Å². The van der Waals surface area contributed by atoms with Crippen molar-refractivity contribution in [2.24, 2.45) is 0 Å². The lowest BCUT2D eigenvalue weighted by Crippen LogP contribution is -1.98. The van der Waals surface area contributed by atoms with Crippen molar-refractivity contribution in [3.05, 3.63) is 59.8 Å². The smallest absolute Gasteiger partial charge is 0.144 e. The zero-order valence-corrected chi connectivity index (χ0v) is 12.2. The van der Waals surface area contributed by atoms with Crippen molar-refractivity contribution < 1.29 is 4.74 Å². The number of hydrogen-bond donors (Lipinski definition) is 1. The molecule has 1 aromatic heterocycles. The van der Waals surface area contributed by atoms with Gasteiger partial charge in [0.2, 0.25) is 0 Å². The van der Waals surface area contributed by atoms with Gasteiger partial charge in [-0.05, 0) is 18.2 Å². The molecule has 21 heavy (non-hydrogen) atoms. The van der Waals surface area contributed by atoms with E-state index in [4.69, 9.17) is 22.1 Å². The van der Waals surface area contributed by atoms with E-state index in [1.54, 1.807) is 18.0 Å². The number of nitrogen functional groups attached to an aromatic ring is 1. The molecule has 0 spiro atoms. The van der Waals surface area contributed by atoms with Crippen molar-refractivity contribution in [2.45, 2.75) is 0 Å². The van der Waals surface area contributed by atoms with Gasteiger partial charge in [-0.1, -0.05) is 41.9 Å². The fourth-order valence-electron chi connectivity index (χ4n) is 2.19. The van der Waals surface area contributed by atoms with Gasteiger partial charge in [0.15, 0.2) is 0 Å². The van der Waals surface area contributed by atoms with Gasteiger partial charge >= 0.3 is 0 Å². The van der Waals surface area contributed by atoms with Gasteiger partial charge in [-0.15, -0.1) is 0 Å². The number of nitrogens with zero attached hydrogens (tertiary/aromatic N) is 2. The number of hydrogen-bond acceptors (Lipinski definition) is 3. The van der Waals surface area contributed by atoms with Gasteiger partial charge in [0.25, 0.3) is 0 Å². The van der Waals surface area contributed by atoms with E-state index in [1.807, 2.05) is 48.5 Å². The molecule has 4 nitrogen and oxygen atoms in total. The van der Waals surface area contributed by atoms with Crippen LogP contribution in [-0.4, -0.2) is 16.9 Å². The second-order valence-corrected chi connectivity index (χ2v) is 4.94. The number of aromatic nitrogens is 2. The molecule has 1 heterocycles. The van der Waals surface area contributed by atoms with E-state index in [1.165, 1.54) is 0 Å². The molecule has 3 aromatic rings. The summed E-state index contributed by atoms with van der Waals surface area (Å²) in [4.78, 5) is 0. The Morgan fingerprint density at radius 1 is 1.10 bits per heavy atom. The predicted molar refractivity (Wildman–Crippen MR) is 85.0 cm³/mol. The number of methoxy groups -OCH3 is 1. The minimum absolute atomic E-state index is 0.564. The summed E-state index contributed by atoms with van der Waals surface area (Å²) in [5, 5.41) is 5.17. The largest absolute Gasteiger partial charge is 0.494 e. The van der Waals surface area contributed by atoms with Crippen molar-refractivity contribution >= 4 is 17.3 Å². The third-order valence-electron chi connectivity index (χ3n) is 3.20. The fraction of sp³-hybridized carbons (Fsp3) is 0.0625. The maximum atomic E-state index is 6.22. The van der Waals surface area contributed by atoms with Crippen LogP contribution < -0.4 is 10.5 Å². The van der Waals surface area contributed by atoms with Crippen LogP contribution in [-0.2, 0) is 0 Å². The van der Waals surface area contributed by atoms with E-state index in [0.29, 0.717) is 16.4 Å². The molecule has 0 saturated heterocycles. The highest BCUT2D eigenvalue weighted by atomic mass is 35.5. The number of anilines is 1. The molecule has 0 saturated carbocycles. The highest BCUT2D eigenvalue weighted by molar-refractivity contribution is 6.33. The summed E-state index contributed by atoms with van der Waals surface area (Å²) < 4.78 is 7.05. The van der Waals surface area contributed by atoms with Crippen molar-refractivity contribution in [2.75, 3.05) is 12.8 Å². The van der Waals surface area contributed by atoms with E-state index in [9.17, 15) is 0 Å². The Morgan fingerprint density at radius 3 is 2.57 bits per heavy atom. The Bertz CT molecular complexity index is 783. The van der Waals surface area contributed by atoms with Crippen LogP contribution in [0, 0.1) is 0 Å². The van der Waals surface area contributed by atoms with Crippen LogP contribution in [0.1, 0.15) is 0 Å². The number of para-hydroxylation sites is 2. The van der Waals surface area contributed by atoms with Crippen LogP contribution in [0.25, 0.3) is 16.9 Å². The summed E-state index contributed by atoms with van der Waals surface area (Å²) in [6, 6.07) is 15.1. The summed E-state index contributed by atoms with van der Waals surface area (Å²) in [5.41, 5.74) is 8.95. The first-order chi connectivity index (χ1) is 10.2. The predicted octanol–water partition coefficient (Wildman–Crippen LogP) is 3.78. The molecule has 5 heteroatoms. The molecule has 0 amide bonds. The number of benzene rings is 2. The topological polar surface area (TPSA) is 53.1 Å². The van der Waals surface area contributed by atoms with Gasteiger partial charge in [-0.2, -0.15) is 5.10 Å². The molecule has 106 valence electrons. The summed E-state index contributed by atoms with van der Waals surface area (Å²) in [7, 11) is 1.63. The lowest BCUT2D eigenvalue weighted by Gasteiger charge is -2.07. The van der Waals surface area contributed by atoms with Crippen LogP contribution in [0.2, 0.25) is 5.02 Å². The Morgan fingerprint density at radius 2 is 1.81 bits per heavy atom. The summed E-state index contributed by atoms with van der Waals surface area (Å²) in [6.07, 6.45) is 1.76.